The largest absolute Gasteiger partial charge is 0.381 e. The quantitative estimate of drug-likeness (QED) is 0.825. The van der Waals surface area contributed by atoms with E-state index in [1.165, 1.54) is 12.5 Å². The van der Waals surface area contributed by atoms with E-state index in [-0.39, 0.29) is 5.56 Å². The predicted molar refractivity (Wildman–Crippen MR) is 66.3 cm³/mol. The van der Waals surface area contributed by atoms with Gasteiger partial charge in [-0.15, -0.1) is 0 Å². The van der Waals surface area contributed by atoms with Gasteiger partial charge in [-0.2, -0.15) is 0 Å². The van der Waals surface area contributed by atoms with Crippen molar-refractivity contribution in [2.45, 2.75) is 26.2 Å². The molecule has 1 aromatic heterocycles. The number of hydrogen-bond donors (Lipinski definition) is 2. The molecule has 0 amide bonds. The van der Waals surface area contributed by atoms with Crippen molar-refractivity contribution in [1.82, 2.24) is 9.97 Å². The van der Waals surface area contributed by atoms with Crippen LogP contribution in [0, 0.1) is 5.92 Å². The molecular formula is C12H19N3O2. The number of ether oxygens (including phenoxy) is 1. The Hall–Kier alpha value is -1.36. The van der Waals surface area contributed by atoms with Crippen LogP contribution in [0.1, 0.15) is 25.6 Å². The van der Waals surface area contributed by atoms with Crippen LogP contribution in [-0.4, -0.2) is 29.7 Å². The van der Waals surface area contributed by atoms with Crippen LogP contribution in [0.25, 0.3) is 0 Å². The lowest BCUT2D eigenvalue weighted by Crippen LogP contribution is -2.25. The molecule has 1 saturated heterocycles. The molecule has 0 spiro atoms. The first-order valence-corrected chi connectivity index (χ1v) is 6.19. The molecule has 2 N–H and O–H groups in total. The smallest absolute Gasteiger partial charge is 0.252 e. The van der Waals surface area contributed by atoms with Crippen LogP contribution >= 0.6 is 0 Å². The summed E-state index contributed by atoms with van der Waals surface area (Å²) in [6, 6.07) is 1.50. The molecular weight excluding hydrogens is 218 g/mol. The number of aryl methyl sites for hydroxylation is 1. The molecule has 0 aliphatic carbocycles. The third kappa shape index (κ3) is 3.56. The summed E-state index contributed by atoms with van der Waals surface area (Å²) in [4.78, 5) is 18.4. The Morgan fingerprint density at radius 3 is 3.24 bits per heavy atom. The van der Waals surface area contributed by atoms with Crippen LogP contribution < -0.4 is 10.9 Å². The number of aromatic amines is 1. The first-order valence-electron chi connectivity index (χ1n) is 6.19. The van der Waals surface area contributed by atoms with Gasteiger partial charge in [-0.1, -0.05) is 6.92 Å². The van der Waals surface area contributed by atoms with E-state index in [4.69, 9.17) is 4.74 Å². The standard InChI is InChI=1S/C12H19N3O2/c1-2-10-14-11(6-12(16)15-10)13-7-9-4-3-5-17-8-9/h6,9H,2-5,7-8H2,1H3,(H2,13,14,15,16). The average Bonchev–Trinajstić information content (AvgIpc) is 2.37. The molecule has 1 aliphatic rings. The normalized spacial score (nSPS) is 20.2. The van der Waals surface area contributed by atoms with Crippen LogP contribution in [-0.2, 0) is 11.2 Å². The van der Waals surface area contributed by atoms with Crippen molar-refractivity contribution in [1.29, 1.82) is 0 Å². The van der Waals surface area contributed by atoms with Gasteiger partial charge in [0.05, 0.1) is 6.61 Å². The van der Waals surface area contributed by atoms with Crippen LogP contribution in [0.2, 0.25) is 0 Å². The molecule has 1 unspecified atom stereocenters. The number of rotatable bonds is 4. The van der Waals surface area contributed by atoms with Crippen molar-refractivity contribution < 1.29 is 4.74 Å². The zero-order chi connectivity index (χ0) is 12.1. The number of H-pyrrole nitrogens is 1. The van der Waals surface area contributed by atoms with E-state index in [2.05, 4.69) is 15.3 Å². The van der Waals surface area contributed by atoms with Crippen LogP contribution in [0.3, 0.4) is 0 Å². The van der Waals surface area contributed by atoms with E-state index >= 15 is 0 Å². The van der Waals surface area contributed by atoms with Crippen molar-refractivity contribution >= 4 is 5.82 Å². The maximum Gasteiger partial charge on any atom is 0.252 e. The highest BCUT2D eigenvalue weighted by Gasteiger charge is 2.13. The Labute approximate surface area is 101 Å². The molecule has 1 aromatic rings. The molecule has 5 nitrogen and oxygen atoms in total. The number of aromatic nitrogens is 2. The van der Waals surface area contributed by atoms with E-state index in [9.17, 15) is 4.79 Å². The van der Waals surface area contributed by atoms with Gasteiger partial charge in [0, 0.05) is 25.6 Å². The fourth-order valence-corrected chi connectivity index (χ4v) is 1.98. The van der Waals surface area contributed by atoms with Gasteiger partial charge >= 0.3 is 0 Å². The summed E-state index contributed by atoms with van der Waals surface area (Å²) in [5.74, 6) is 1.91. The monoisotopic (exact) mass is 237 g/mol. The fourth-order valence-electron chi connectivity index (χ4n) is 1.98. The molecule has 2 rings (SSSR count). The SMILES string of the molecule is CCc1nc(NCC2CCCOC2)cc(=O)[nH]1. The average molecular weight is 237 g/mol. The third-order valence-corrected chi connectivity index (χ3v) is 2.95. The van der Waals surface area contributed by atoms with Crippen LogP contribution in [0.4, 0.5) is 5.82 Å². The van der Waals surface area contributed by atoms with E-state index < -0.39 is 0 Å². The molecule has 94 valence electrons. The summed E-state index contributed by atoms with van der Waals surface area (Å²) in [6.45, 7) is 4.47. The molecule has 17 heavy (non-hydrogen) atoms. The minimum absolute atomic E-state index is 0.0979. The lowest BCUT2D eigenvalue weighted by Gasteiger charge is -2.22. The number of nitrogens with one attached hydrogen (secondary N) is 2. The molecule has 1 fully saturated rings. The van der Waals surface area contributed by atoms with Gasteiger partial charge < -0.3 is 15.0 Å². The highest BCUT2D eigenvalue weighted by Crippen LogP contribution is 2.13. The summed E-state index contributed by atoms with van der Waals surface area (Å²) in [5.41, 5.74) is -0.0979. The summed E-state index contributed by atoms with van der Waals surface area (Å²) in [6.07, 6.45) is 3.03. The predicted octanol–water partition coefficient (Wildman–Crippen LogP) is 1.17. The van der Waals surface area contributed by atoms with Crippen molar-refractivity contribution in [3.63, 3.8) is 0 Å². The van der Waals surface area contributed by atoms with E-state index in [1.54, 1.807) is 0 Å². The minimum Gasteiger partial charge on any atom is -0.381 e. The molecule has 0 aromatic carbocycles. The minimum atomic E-state index is -0.0979. The topological polar surface area (TPSA) is 67.0 Å². The number of hydrogen-bond acceptors (Lipinski definition) is 4. The Morgan fingerprint density at radius 2 is 2.53 bits per heavy atom. The second kappa shape index (κ2) is 5.82. The Kier molecular flexibility index (Phi) is 4.14. The van der Waals surface area contributed by atoms with Gasteiger partial charge in [0.1, 0.15) is 11.6 Å². The Bertz CT molecular complexity index is 410. The molecule has 1 atom stereocenters. The van der Waals surface area contributed by atoms with E-state index in [0.717, 1.165) is 38.4 Å². The zero-order valence-corrected chi connectivity index (χ0v) is 10.2. The lowest BCUT2D eigenvalue weighted by molar-refractivity contribution is 0.0595. The molecule has 2 heterocycles. The lowest BCUT2D eigenvalue weighted by atomic mass is 10.0. The van der Waals surface area contributed by atoms with Gasteiger partial charge in [0.15, 0.2) is 0 Å². The molecule has 5 heteroatoms. The number of anilines is 1. The van der Waals surface area contributed by atoms with Gasteiger partial charge in [0.25, 0.3) is 5.56 Å². The fraction of sp³-hybridized carbons (Fsp3) is 0.667. The maximum atomic E-state index is 11.4. The van der Waals surface area contributed by atoms with E-state index in [1.807, 2.05) is 6.92 Å². The molecule has 0 saturated carbocycles. The highest BCUT2D eigenvalue weighted by atomic mass is 16.5. The van der Waals surface area contributed by atoms with E-state index in [0.29, 0.717) is 11.7 Å². The summed E-state index contributed by atoms with van der Waals surface area (Å²) < 4.78 is 5.41. The van der Waals surface area contributed by atoms with Crippen molar-refractivity contribution in [3.8, 4) is 0 Å². The van der Waals surface area contributed by atoms with Gasteiger partial charge in [-0.25, -0.2) is 4.98 Å². The maximum absolute atomic E-state index is 11.4. The zero-order valence-electron chi connectivity index (χ0n) is 10.2. The van der Waals surface area contributed by atoms with Gasteiger partial charge in [-0.05, 0) is 18.8 Å². The van der Waals surface area contributed by atoms with Crippen molar-refractivity contribution in [2.75, 3.05) is 25.1 Å². The molecule has 0 radical (unpaired) electrons. The van der Waals surface area contributed by atoms with Crippen molar-refractivity contribution in [3.05, 3.63) is 22.2 Å². The highest BCUT2D eigenvalue weighted by molar-refractivity contribution is 5.32. The summed E-state index contributed by atoms with van der Waals surface area (Å²) in [7, 11) is 0. The third-order valence-electron chi connectivity index (χ3n) is 2.95. The molecule has 0 bridgehead atoms. The van der Waals surface area contributed by atoms with Crippen LogP contribution in [0.15, 0.2) is 10.9 Å². The van der Waals surface area contributed by atoms with Crippen LogP contribution in [0.5, 0.6) is 0 Å². The van der Waals surface area contributed by atoms with Gasteiger partial charge in [-0.3, -0.25) is 4.79 Å². The Balaban J connectivity index is 1.93. The Morgan fingerprint density at radius 1 is 1.65 bits per heavy atom. The first-order chi connectivity index (χ1) is 8.28. The second-order valence-electron chi connectivity index (χ2n) is 4.39. The van der Waals surface area contributed by atoms with Crippen molar-refractivity contribution in [2.24, 2.45) is 5.92 Å². The number of nitrogens with zero attached hydrogens (tertiary/aromatic N) is 1. The molecule has 1 aliphatic heterocycles. The summed E-state index contributed by atoms with van der Waals surface area (Å²) >= 11 is 0. The summed E-state index contributed by atoms with van der Waals surface area (Å²) in [5, 5.41) is 3.22. The first kappa shape index (κ1) is 12.1. The second-order valence-corrected chi connectivity index (χ2v) is 4.39. The van der Waals surface area contributed by atoms with Gasteiger partial charge in [0.2, 0.25) is 0 Å².